The maximum atomic E-state index is 12.4. The number of hydrogen-bond donors (Lipinski definition) is 1. The Morgan fingerprint density at radius 2 is 2.29 bits per heavy atom. The molecule has 0 bridgehead atoms. The van der Waals surface area contributed by atoms with Gasteiger partial charge in [0.1, 0.15) is 5.75 Å². The molecule has 124 valence electrons. The summed E-state index contributed by atoms with van der Waals surface area (Å²) < 4.78 is 5.69. The van der Waals surface area contributed by atoms with Crippen LogP contribution in [0.2, 0.25) is 0 Å². The summed E-state index contributed by atoms with van der Waals surface area (Å²) in [6, 6.07) is 8.84. The van der Waals surface area contributed by atoms with E-state index in [0.29, 0.717) is 21.5 Å². The lowest BCUT2D eigenvalue weighted by Gasteiger charge is -2.20. The van der Waals surface area contributed by atoms with Gasteiger partial charge in [0.05, 0.1) is 23.9 Å². The number of hydrogen-bond acceptors (Lipinski definition) is 6. The van der Waals surface area contributed by atoms with Crippen LogP contribution in [0.4, 0.5) is 5.13 Å². The fourth-order valence-corrected chi connectivity index (χ4v) is 3.46. The van der Waals surface area contributed by atoms with E-state index in [9.17, 15) is 4.79 Å². The number of likely N-dealkylation sites (N-methyl/N-ethyl adjacent to an activating group) is 1. The number of benzene rings is 1. The Bertz CT molecular complexity index is 751. The minimum atomic E-state index is -0.0678. The van der Waals surface area contributed by atoms with Crippen LogP contribution in [0.5, 0.6) is 10.8 Å². The number of rotatable bonds is 5. The third-order valence-corrected chi connectivity index (χ3v) is 4.78. The lowest BCUT2D eigenvalue weighted by molar-refractivity contribution is -0.120. The lowest BCUT2D eigenvalue weighted by atomic mass is 10.2. The van der Waals surface area contributed by atoms with Crippen LogP contribution in [-0.2, 0) is 4.79 Å². The van der Waals surface area contributed by atoms with Crippen molar-refractivity contribution in [3.05, 3.63) is 36.0 Å². The molecular formula is C17H18N4O2S. The molecule has 0 radical (unpaired) electrons. The number of anilines is 1. The molecule has 0 aliphatic carbocycles. The van der Waals surface area contributed by atoms with Gasteiger partial charge in [0.15, 0.2) is 5.13 Å². The smallest absolute Gasteiger partial charge is 0.243 e. The maximum Gasteiger partial charge on any atom is 0.243 e. The highest BCUT2D eigenvalue weighted by Crippen LogP contribution is 2.31. The molecule has 6 nitrogen and oxygen atoms in total. The van der Waals surface area contributed by atoms with Crippen molar-refractivity contribution in [2.75, 3.05) is 18.4 Å². The molecule has 0 saturated carbocycles. The zero-order valence-electron chi connectivity index (χ0n) is 13.4. The summed E-state index contributed by atoms with van der Waals surface area (Å²) >= 11 is 1.28. The highest BCUT2D eigenvalue weighted by Gasteiger charge is 2.29. The van der Waals surface area contributed by atoms with Gasteiger partial charge in [0.25, 0.3) is 0 Å². The summed E-state index contributed by atoms with van der Waals surface area (Å²) in [6.07, 6.45) is 3.53. The number of nitrogens with zero attached hydrogens (tertiary/aromatic N) is 3. The van der Waals surface area contributed by atoms with Crippen LogP contribution in [0.1, 0.15) is 25.3 Å². The van der Waals surface area contributed by atoms with Crippen molar-refractivity contribution in [1.82, 2.24) is 9.88 Å². The van der Waals surface area contributed by atoms with Crippen molar-refractivity contribution in [3.8, 4) is 16.9 Å². The van der Waals surface area contributed by atoms with E-state index in [-0.39, 0.29) is 11.9 Å². The first-order valence-corrected chi connectivity index (χ1v) is 8.70. The molecule has 2 heterocycles. The molecule has 1 aromatic heterocycles. The molecule has 3 rings (SSSR count). The van der Waals surface area contributed by atoms with Gasteiger partial charge in [0.2, 0.25) is 11.0 Å². The summed E-state index contributed by atoms with van der Waals surface area (Å²) in [7, 11) is 0. The van der Waals surface area contributed by atoms with Crippen LogP contribution in [0.3, 0.4) is 0 Å². The summed E-state index contributed by atoms with van der Waals surface area (Å²) in [5.41, 5.74) is 0.580. The highest BCUT2D eigenvalue weighted by molar-refractivity contribution is 7.17. The van der Waals surface area contributed by atoms with E-state index in [1.165, 1.54) is 11.3 Å². The standard InChI is InChI=1S/C17H18N4O2S/c1-2-21-9-3-4-14(21)16(22)20-17-19-11-15(24-17)23-13-7-5-12(10-18)6-8-13/h5-8,11,14H,2-4,9H2,1H3,(H,19,20,22)/t14-/m1/s1. The van der Waals surface area contributed by atoms with E-state index < -0.39 is 0 Å². The predicted octanol–water partition coefficient (Wildman–Crippen LogP) is 3.23. The second kappa shape index (κ2) is 7.43. The van der Waals surface area contributed by atoms with E-state index >= 15 is 0 Å². The summed E-state index contributed by atoms with van der Waals surface area (Å²) in [4.78, 5) is 18.7. The van der Waals surface area contributed by atoms with Gasteiger partial charge < -0.3 is 10.1 Å². The molecule has 1 aliphatic heterocycles. The quantitative estimate of drug-likeness (QED) is 0.902. The topological polar surface area (TPSA) is 78.2 Å². The summed E-state index contributed by atoms with van der Waals surface area (Å²) in [5, 5.41) is 12.8. The molecule has 7 heteroatoms. The Kier molecular flexibility index (Phi) is 5.08. The van der Waals surface area contributed by atoms with E-state index in [1.807, 2.05) is 0 Å². The SMILES string of the molecule is CCN1CCC[C@@H]1C(=O)Nc1ncc(Oc2ccc(C#N)cc2)s1. The molecule has 1 fully saturated rings. The Morgan fingerprint density at radius 3 is 3.00 bits per heavy atom. The van der Waals surface area contributed by atoms with Crippen LogP contribution < -0.4 is 10.1 Å². The Balaban J connectivity index is 1.60. The van der Waals surface area contributed by atoms with Crippen LogP contribution in [0.25, 0.3) is 0 Å². The number of aromatic nitrogens is 1. The monoisotopic (exact) mass is 342 g/mol. The zero-order valence-corrected chi connectivity index (χ0v) is 14.2. The van der Waals surface area contributed by atoms with E-state index in [4.69, 9.17) is 10.00 Å². The number of ether oxygens (including phenoxy) is 1. The largest absolute Gasteiger partial charge is 0.445 e. The predicted molar refractivity (Wildman–Crippen MR) is 92.2 cm³/mol. The van der Waals surface area contributed by atoms with E-state index in [2.05, 4.69) is 28.2 Å². The zero-order chi connectivity index (χ0) is 16.9. The van der Waals surface area contributed by atoms with Crippen LogP contribution in [0, 0.1) is 11.3 Å². The number of nitriles is 1. The second-order valence-corrected chi connectivity index (χ2v) is 6.49. The Morgan fingerprint density at radius 1 is 1.50 bits per heavy atom. The number of carbonyl (C=O) groups excluding carboxylic acids is 1. The van der Waals surface area contributed by atoms with Crippen molar-refractivity contribution in [3.63, 3.8) is 0 Å². The van der Waals surface area contributed by atoms with Gasteiger partial charge in [-0.25, -0.2) is 4.98 Å². The van der Waals surface area contributed by atoms with Gasteiger partial charge in [-0.1, -0.05) is 18.3 Å². The summed E-state index contributed by atoms with van der Waals surface area (Å²) in [5.74, 6) is 0.622. The number of nitrogens with one attached hydrogen (secondary N) is 1. The fraction of sp³-hybridized carbons (Fsp3) is 0.353. The van der Waals surface area contributed by atoms with Crippen molar-refractivity contribution < 1.29 is 9.53 Å². The highest BCUT2D eigenvalue weighted by atomic mass is 32.1. The lowest BCUT2D eigenvalue weighted by Crippen LogP contribution is -2.39. The first-order chi connectivity index (χ1) is 11.7. The minimum Gasteiger partial charge on any atom is -0.445 e. The molecule has 1 N–H and O–H groups in total. The van der Waals surface area contributed by atoms with E-state index in [1.54, 1.807) is 30.5 Å². The number of carbonyl (C=O) groups is 1. The van der Waals surface area contributed by atoms with Gasteiger partial charge in [-0.15, -0.1) is 0 Å². The Hall–Kier alpha value is -2.43. The molecule has 0 spiro atoms. The Labute approximate surface area is 144 Å². The molecule has 24 heavy (non-hydrogen) atoms. The van der Waals surface area contributed by atoms with Crippen LogP contribution in [0.15, 0.2) is 30.5 Å². The van der Waals surface area contributed by atoms with Gasteiger partial charge in [-0.05, 0) is 50.2 Å². The normalized spacial score (nSPS) is 17.4. The number of thiazole rings is 1. The average Bonchev–Trinajstić information content (AvgIpc) is 3.24. The molecule has 1 aromatic carbocycles. The molecular weight excluding hydrogens is 324 g/mol. The number of likely N-dealkylation sites (tertiary alicyclic amines) is 1. The van der Waals surface area contributed by atoms with Crippen molar-refractivity contribution >= 4 is 22.4 Å². The van der Waals surface area contributed by atoms with E-state index in [0.717, 1.165) is 25.9 Å². The second-order valence-electron chi connectivity index (χ2n) is 5.50. The molecule has 1 saturated heterocycles. The van der Waals surface area contributed by atoms with Crippen LogP contribution >= 0.6 is 11.3 Å². The maximum absolute atomic E-state index is 12.4. The molecule has 0 unspecified atom stereocenters. The van der Waals surface area contributed by atoms with Gasteiger partial charge in [-0.3, -0.25) is 9.69 Å². The molecule has 2 aromatic rings. The van der Waals surface area contributed by atoms with Crippen LogP contribution in [-0.4, -0.2) is 34.9 Å². The first-order valence-electron chi connectivity index (χ1n) is 7.88. The molecule has 1 amide bonds. The van der Waals surface area contributed by atoms with Crippen molar-refractivity contribution in [2.24, 2.45) is 0 Å². The first kappa shape index (κ1) is 16.4. The van der Waals surface area contributed by atoms with Gasteiger partial charge in [-0.2, -0.15) is 5.26 Å². The van der Waals surface area contributed by atoms with Gasteiger partial charge >= 0.3 is 0 Å². The average molecular weight is 342 g/mol. The third kappa shape index (κ3) is 3.72. The van der Waals surface area contributed by atoms with Crippen molar-refractivity contribution in [2.45, 2.75) is 25.8 Å². The van der Waals surface area contributed by atoms with Gasteiger partial charge in [0, 0.05) is 0 Å². The number of amides is 1. The minimum absolute atomic E-state index is 0.00590. The summed E-state index contributed by atoms with van der Waals surface area (Å²) in [6.45, 7) is 3.92. The third-order valence-electron chi connectivity index (χ3n) is 3.99. The van der Waals surface area contributed by atoms with Crippen molar-refractivity contribution in [1.29, 1.82) is 5.26 Å². The molecule has 1 aliphatic rings. The molecule has 1 atom stereocenters. The fourth-order valence-electron chi connectivity index (χ4n) is 2.77.